The topological polar surface area (TPSA) is 152 Å². The highest BCUT2D eigenvalue weighted by atomic mass is 35.5. The van der Waals surface area contributed by atoms with E-state index >= 15 is 0 Å². The van der Waals surface area contributed by atoms with Crippen LogP contribution in [0.4, 0.5) is 5.82 Å². The molecule has 1 aromatic carbocycles. The summed E-state index contributed by atoms with van der Waals surface area (Å²) in [6, 6.07) is 4.89. The fourth-order valence-electron chi connectivity index (χ4n) is 3.31. The van der Waals surface area contributed by atoms with Gasteiger partial charge in [0.2, 0.25) is 32.7 Å². The summed E-state index contributed by atoms with van der Waals surface area (Å²) in [6.45, 7) is -0.0152. The van der Waals surface area contributed by atoms with Crippen LogP contribution in [0.5, 0.6) is 23.4 Å². The van der Waals surface area contributed by atoms with E-state index in [0.717, 1.165) is 17.2 Å². The number of hydrogen-bond acceptors (Lipinski definition) is 11. The molecular formula is C19H20ClN5O8S2. The molecule has 0 spiro atoms. The van der Waals surface area contributed by atoms with Gasteiger partial charge in [-0.2, -0.15) is 0 Å². The summed E-state index contributed by atoms with van der Waals surface area (Å²) in [4.78, 5) is 7.82. The van der Waals surface area contributed by atoms with Crippen LogP contribution in [-0.4, -0.2) is 69.1 Å². The van der Waals surface area contributed by atoms with Crippen LogP contribution in [0.2, 0.25) is 5.02 Å². The van der Waals surface area contributed by atoms with Crippen molar-refractivity contribution >= 4 is 37.5 Å². The quantitative estimate of drug-likeness (QED) is 0.359. The second kappa shape index (κ2) is 9.39. The Morgan fingerprint density at radius 1 is 1.03 bits per heavy atom. The van der Waals surface area contributed by atoms with Gasteiger partial charge in [-0.3, -0.25) is 0 Å². The predicted octanol–water partition coefficient (Wildman–Crippen LogP) is 1.44. The van der Waals surface area contributed by atoms with Gasteiger partial charge in [0, 0.05) is 7.05 Å². The zero-order valence-electron chi connectivity index (χ0n) is 18.7. The number of sulfonamides is 2. The summed E-state index contributed by atoms with van der Waals surface area (Å²) < 4.78 is 73.4. The molecule has 0 unspecified atom stereocenters. The van der Waals surface area contributed by atoms with E-state index in [1.807, 2.05) is 0 Å². The first kappa shape index (κ1) is 24.8. The Bertz CT molecular complexity index is 1430. The minimum Gasteiger partial charge on any atom is -0.472 e. The minimum atomic E-state index is -4.27. The van der Waals surface area contributed by atoms with Gasteiger partial charge in [-0.25, -0.2) is 31.5 Å². The Kier molecular flexibility index (Phi) is 6.66. The first-order valence-electron chi connectivity index (χ1n) is 9.86. The Balaban J connectivity index is 1.72. The minimum absolute atomic E-state index is 0.00991. The van der Waals surface area contributed by atoms with Crippen LogP contribution in [0.25, 0.3) is 11.1 Å². The Labute approximate surface area is 206 Å². The number of anilines is 1. The van der Waals surface area contributed by atoms with Gasteiger partial charge in [0.05, 0.1) is 35.5 Å². The molecule has 188 valence electrons. The van der Waals surface area contributed by atoms with Crippen LogP contribution in [0.15, 0.2) is 30.6 Å². The van der Waals surface area contributed by atoms with Gasteiger partial charge in [0.15, 0.2) is 17.3 Å². The summed E-state index contributed by atoms with van der Waals surface area (Å²) in [5.74, 6) is 0.628. The SMILES string of the molecule is Cn1nc(OCCOc2ncc(Cl)cn2)c(-c2ccc3c(c2)OCO3)c1N(S(C)(=O)=O)S(C)(=O)=O. The van der Waals surface area contributed by atoms with E-state index in [1.165, 1.54) is 19.4 Å². The fourth-order valence-corrected chi connectivity index (χ4v) is 6.42. The third-order valence-corrected chi connectivity index (χ3v) is 7.94. The lowest BCUT2D eigenvalue weighted by atomic mass is 10.1. The summed E-state index contributed by atoms with van der Waals surface area (Å²) in [5.41, 5.74) is 0.510. The van der Waals surface area contributed by atoms with Crippen molar-refractivity contribution in [2.24, 2.45) is 7.05 Å². The van der Waals surface area contributed by atoms with E-state index in [1.54, 1.807) is 18.2 Å². The number of nitrogens with zero attached hydrogens (tertiary/aromatic N) is 5. The number of fused-ring (bicyclic) bond motifs is 1. The average molecular weight is 546 g/mol. The molecule has 0 fully saturated rings. The molecule has 0 saturated heterocycles. The highest BCUT2D eigenvalue weighted by molar-refractivity contribution is 8.09. The van der Waals surface area contributed by atoms with Gasteiger partial charge in [-0.15, -0.1) is 8.81 Å². The van der Waals surface area contributed by atoms with Gasteiger partial charge in [-0.05, 0) is 17.7 Å². The van der Waals surface area contributed by atoms with E-state index in [0.29, 0.717) is 25.8 Å². The molecule has 1 aliphatic rings. The molecule has 0 bridgehead atoms. The zero-order chi connectivity index (χ0) is 25.4. The van der Waals surface area contributed by atoms with Crippen molar-refractivity contribution in [3.63, 3.8) is 0 Å². The molecule has 16 heteroatoms. The van der Waals surface area contributed by atoms with Crippen molar-refractivity contribution < 1.29 is 35.8 Å². The molecule has 0 N–H and O–H groups in total. The Hall–Kier alpha value is -3.30. The molecule has 13 nitrogen and oxygen atoms in total. The Morgan fingerprint density at radius 2 is 1.66 bits per heavy atom. The molecule has 3 aromatic rings. The van der Waals surface area contributed by atoms with Crippen molar-refractivity contribution in [3.8, 4) is 34.5 Å². The molecule has 0 aliphatic carbocycles. The maximum atomic E-state index is 12.5. The summed E-state index contributed by atoms with van der Waals surface area (Å²) in [6.07, 6.45) is 4.31. The molecular weight excluding hydrogens is 526 g/mol. The molecule has 2 aromatic heterocycles. The number of hydrogen-bond donors (Lipinski definition) is 0. The largest absolute Gasteiger partial charge is 0.472 e. The molecule has 3 heterocycles. The fraction of sp³-hybridized carbons (Fsp3) is 0.316. The maximum absolute atomic E-state index is 12.5. The molecule has 0 atom stereocenters. The van der Waals surface area contributed by atoms with Crippen LogP contribution >= 0.6 is 11.6 Å². The molecule has 0 amide bonds. The molecule has 0 radical (unpaired) electrons. The first-order valence-corrected chi connectivity index (χ1v) is 13.9. The standard InChI is InChI=1S/C19H20ClN5O8S2/c1-24-18(25(34(2,26)27)35(3,28)29)16(12-4-5-14-15(8-12)33-11-32-14)17(23-24)30-6-7-31-19-21-9-13(20)10-22-19/h4-5,8-10H,6-7,11H2,1-3H3. The second-order valence-electron chi connectivity index (χ2n) is 7.30. The molecule has 0 saturated carbocycles. The normalized spacial score (nSPS) is 13.0. The van der Waals surface area contributed by atoms with Crippen molar-refractivity contribution in [1.29, 1.82) is 0 Å². The van der Waals surface area contributed by atoms with Crippen LogP contribution in [0, 0.1) is 0 Å². The number of aromatic nitrogens is 4. The average Bonchev–Trinajstić information content (AvgIpc) is 3.34. The molecule has 1 aliphatic heterocycles. The van der Waals surface area contributed by atoms with Crippen molar-refractivity contribution in [2.75, 3.05) is 36.2 Å². The number of aryl methyl sites for hydroxylation is 1. The predicted molar refractivity (Wildman–Crippen MR) is 125 cm³/mol. The van der Waals surface area contributed by atoms with E-state index in [-0.39, 0.29) is 43.3 Å². The van der Waals surface area contributed by atoms with Gasteiger partial charge < -0.3 is 18.9 Å². The highest BCUT2D eigenvalue weighted by Crippen LogP contribution is 2.44. The monoisotopic (exact) mass is 545 g/mol. The smallest absolute Gasteiger partial charge is 0.316 e. The van der Waals surface area contributed by atoms with E-state index in [2.05, 4.69) is 15.1 Å². The summed E-state index contributed by atoms with van der Waals surface area (Å²) in [7, 11) is -7.14. The zero-order valence-corrected chi connectivity index (χ0v) is 21.1. The van der Waals surface area contributed by atoms with Gasteiger partial charge in [0.25, 0.3) is 0 Å². The summed E-state index contributed by atoms with van der Waals surface area (Å²) in [5, 5.41) is 4.58. The van der Waals surface area contributed by atoms with Crippen LogP contribution < -0.4 is 22.7 Å². The van der Waals surface area contributed by atoms with E-state index < -0.39 is 20.0 Å². The maximum Gasteiger partial charge on any atom is 0.316 e. The first-order chi connectivity index (χ1) is 16.4. The van der Waals surface area contributed by atoms with Crippen molar-refractivity contribution in [3.05, 3.63) is 35.6 Å². The third-order valence-electron chi connectivity index (χ3n) is 4.57. The summed E-state index contributed by atoms with van der Waals surface area (Å²) >= 11 is 5.75. The van der Waals surface area contributed by atoms with Gasteiger partial charge in [0.1, 0.15) is 13.2 Å². The highest BCUT2D eigenvalue weighted by Gasteiger charge is 2.36. The van der Waals surface area contributed by atoms with Gasteiger partial charge >= 0.3 is 6.01 Å². The van der Waals surface area contributed by atoms with E-state index in [4.69, 9.17) is 30.5 Å². The van der Waals surface area contributed by atoms with Crippen molar-refractivity contribution in [1.82, 2.24) is 19.7 Å². The third kappa shape index (κ3) is 5.36. The number of ether oxygens (including phenoxy) is 4. The molecule has 35 heavy (non-hydrogen) atoms. The number of rotatable bonds is 9. The van der Waals surface area contributed by atoms with Crippen LogP contribution in [0.1, 0.15) is 0 Å². The van der Waals surface area contributed by atoms with Crippen LogP contribution in [0.3, 0.4) is 0 Å². The lowest BCUT2D eigenvalue weighted by molar-refractivity contribution is 0.174. The van der Waals surface area contributed by atoms with E-state index in [9.17, 15) is 16.8 Å². The number of benzene rings is 1. The number of halogens is 1. The lowest BCUT2D eigenvalue weighted by Crippen LogP contribution is -2.37. The Morgan fingerprint density at radius 3 is 2.31 bits per heavy atom. The lowest BCUT2D eigenvalue weighted by Gasteiger charge is -2.21. The molecule has 4 rings (SSSR count). The van der Waals surface area contributed by atoms with Crippen molar-refractivity contribution in [2.45, 2.75) is 0 Å². The second-order valence-corrected chi connectivity index (χ2v) is 11.6. The van der Waals surface area contributed by atoms with Crippen LogP contribution in [-0.2, 0) is 27.1 Å². The van der Waals surface area contributed by atoms with Gasteiger partial charge in [-0.1, -0.05) is 17.7 Å².